The summed E-state index contributed by atoms with van der Waals surface area (Å²) < 4.78 is 31.9. The van der Waals surface area contributed by atoms with E-state index >= 15 is 0 Å². The summed E-state index contributed by atoms with van der Waals surface area (Å²) in [4.78, 5) is 24.2. The van der Waals surface area contributed by atoms with Gasteiger partial charge in [-0.05, 0) is 60.7 Å². The van der Waals surface area contributed by atoms with Gasteiger partial charge in [-0.15, -0.1) is 0 Å². The first-order chi connectivity index (χ1) is 13.4. The molecule has 0 unspecified atom stereocenters. The minimum absolute atomic E-state index is 0.178. The number of hydrogen-bond donors (Lipinski definition) is 1. The maximum Gasteiger partial charge on any atom is 0.262 e. The molecule has 3 rings (SSSR count). The molecule has 28 heavy (non-hydrogen) atoms. The summed E-state index contributed by atoms with van der Waals surface area (Å²) in [6.45, 7) is -0.402. The zero-order chi connectivity index (χ0) is 20.1. The summed E-state index contributed by atoms with van der Waals surface area (Å²) in [6, 6.07) is 15.5. The second-order valence-electron chi connectivity index (χ2n) is 5.82. The molecule has 0 aliphatic heterocycles. The van der Waals surface area contributed by atoms with E-state index < -0.39 is 24.1 Å². The lowest BCUT2D eigenvalue weighted by Crippen LogP contribution is -2.20. The van der Waals surface area contributed by atoms with E-state index in [1.54, 1.807) is 48.5 Å². The molecule has 0 atom stereocenters. The number of ketones is 1. The van der Waals surface area contributed by atoms with Gasteiger partial charge in [-0.2, -0.15) is 0 Å². The van der Waals surface area contributed by atoms with Crippen LogP contribution in [0.5, 0.6) is 5.75 Å². The number of benzene rings is 3. The van der Waals surface area contributed by atoms with Crippen LogP contribution < -0.4 is 10.1 Å². The van der Waals surface area contributed by atoms with Crippen molar-refractivity contribution in [1.29, 1.82) is 0 Å². The van der Waals surface area contributed by atoms with Gasteiger partial charge in [-0.25, -0.2) is 8.78 Å². The third kappa shape index (κ3) is 4.92. The number of carbonyl (C=O) groups is 2. The predicted octanol–water partition coefficient (Wildman–Crippen LogP) is 4.87. The normalized spacial score (nSPS) is 10.4. The van der Waals surface area contributed by atoms with Crippen molar-refractivity contribution in [2.45, 2.75) is 0 Å². The standard InChI is InChI=1S/C21H14ClF2NO3/c22-15-5-1-13(2-6-15)21(27)14-3-8-17(9-4-14)28-12-20(26)25-19-11-16(23)7-10-18(19)24/h1-11H,12H2,(H,25,26). The first-order valence-corrected chi connectivity index (χ1v) is 8.58. The summed E-state index contributed by atoms with van der Waals surface area (Å²) in [5, 5.41) is 2.77. The van der Waals surface area contributed by atoms with Gasteiger partial charge in [0.1, 0.15) is 17.4 Å². The van der Waals surface area contributed by atoms with Gasteiger partial charge in [0, 0.05) is 22.2 Å². The Hall–Kier alpha value is -3.25. The molecule has 0 radical (unpaired) electrons. The lowest BCUT2D eigenvalue weighted by Gasteiger charge is -2.09. The maximum atomic E-state index is 13.5. The Kier molecular flexibility index (Phi) is 6.01. The van der Waals surface area contributed by atoms with Crippen molar-refractivity contribution in [3.05, 3.63) is 94.5 Å². The molecule has 1 amide bonds. The quantitative estimate of drug-likeness (QED) is 0.600. The third-order valence-electron chi connectivity index (χ3n) is 3.80. The number of halogens is 3. The van der Waals surface area contributed by atoms with Gasteiger partial charge < -0.3 is 10.1 Å². The molecule has 4 nitrogen and oxygen atoms in total. The van der Waals surface area contributed by atoms with E-state index in [4.69, 9.17) is 16.3 Å². The topological polar surface area (TPSA) is 55.4 Å². The molecule has 0 spiro atoms. The number of amides is 1. The van der Waals surface area contributed by atoms with Crippen LogP contribution in [0.15, 0.2) is 66.7 Å². The molecule has 0 aromatic heterocycles. The van der Waals surface area contributed by atoms with E-state index in [0.29, 0.717) is 21.9 Å². The van der Waals surface area contributed by atoms with Crippen LogP contribution in [0.2, 0.25) is 5.02 Å². The molecular formula is C21H14ClF2NO3. The van der Waals surface area contributed by atoms with Gasteiger partial charge in [0.25, 0.3) is 5.91 Å². The number of nitrogens with one attached hydrogen (secondary N) is 1. The van der Waals surface area contributed by atoms with Crippen LogP contribution in [0.4, 0.5) is 14.5 Å². The van der Waals surface area contributed by atoms with Crippen molar-refractivity contribution in [1.82, 2.24) is 0 Å². The van der Waals surface area contributed by atoms with Gasteiger partial charge in [0.15, 0.2) is 12.4 Å². The molecule has 3 aromatic rings. The molecule has 0 saturated carbocycles. The predicted molar refractivity (Wildman–Crippen MR) is 102 cm³/mol. The Morgan fingerprint density at radius 3 is 2.14 bits per heavy atom. The first-order valence-electron chi connectivity index (χ1n) is 8.20. The fourth-order valence-electron chi connectivity index (χ4n) is 2.40. The Morgan fingerprint density at radius 2 is 1.50 bits per heavy atom. The van der Waals surface area contributed by atoms with E-state index in [2.05, 4.69) is 5.32 Å². The fraction of sp³-hybridized carbons (Fsp3) is 0.0476. The Morgan fingerprint density at radius 1 is 0.893 bits per heavy atom. The second-order valence-corrected chi connectivity index (χ2v) is 6.26. The van der Waals surface area contributed by atoms with E-state index in [0.717, 1.165) is 18.2 Å². The summed E-state index contributed by atoms with van der Waals surface area (Å²) >= 11 is 5.81. The monoisotopic (exact) mass is 401 g/mol. The van der Waals surface area contributed by atoms with Crippen LogP contribution in [0.3, 0.4) is 0 Å². The number of ether oxygens (including phenoxy) is 1. The van der Waals surface area contributed by atoms with Crippen molar-refractivity contribution in [3.63, 3.8) is 0 Å². The molecule has 142 valence electrons. The second kappa shape index (κ2) is 8.63. The molecule has 0 aliphatic carbocycles. The fourth-order valence-corrected chi connectivity index (χ4v) is 2.52. The van der Waals surface area contributed by atoms with Crippen LogP contribution in [-0.4, -0.2) is 18.3 Å². The van der Waals surface area contributed by atoms with E-state index in [1.165, 1.54) is 0 Å². The summed E-state index contributed by atoms with van der Waals surface area (Å²) in [5.74, 6) is -1.89. The van der Waals surface area contributed by atoms with Crippen LogP contribution in [0, 0.1) is 11.6 Å². The van der Waals surface area contributed by atoms with E-state index in [1.807, 2.05) is 0 Å². The molecule has 1 N–H and O–H groups in total. The maximum absolute atomic E-state index is 13.5. The van der Waals surface area contributed by atoms with Gasteiger partial charge in [0.2, 0.25) is 0 Å². The minimum atomic E-state index is -0.750. The molecule has 3 aromatic carbocycles. The molecule has 0 bridgehead atoms. The Balaban J connectivity index is 1.58. The highest BCUT2D eigenvalue weighted by Crippen LogP contribution is 2.18. The van der Waals surface area contributed by atoms with Crippen molar-refractivity contribution >= 4 is 29.0 Å². The van der Waals surface area contributed by atoms with Crippen LogP contribution in [-0.2, 0) is 4.79 Å². The highest BCUT2D eigenvalue weighted by atomic mass is 35.5. The first kappa shape index (κ1) is 19.5. The van der Waals surface area contributed by atoms with Crippen LogP contribution >= 0.6 is 11.6 Å². The van der Waals surface area contributed by atoms with Crippen molar-refractivity contribution < 1.29 is 23.1 Å². The molecule has 0 saturated heterocycles. The van der Waals surface area contributed by atoms with Gasteiger partial charge in [0.05, 0.1) is 5.69 Å². The Bertz CT molecular complexity index is 1010. The number of hydrogen-bond acceptors (Lipinski definition) is 3. The molecule has 7 heteroatoms. The zero-order valence-electron chi connectivity index (χ0n) is 14.4. The van der Waals surface area contributed by atoms with Crippen molar-refractivity contribution in [3.8, 4) is 5.75 Å². The van der Waals surface area contributed by atoms with Gasteiger partial charge >= 0.3 is 0 Å². The highest BCUT2D eigenvalue weighted by Gasteiger charge is 2.11. The average molecular weight is 402 g/mol. The minimum Gasteiger partial charge on any atom is -0.484 e. The SMILES string of the molecule is O=C(COc1ccc(C(=O)c2ccc(Cl)cc2)cc1)Nc1cc(F)ccc1F. The Labute approximate surface area is 164 Å². The number of anilines is 1. The summed E-state index contributed by atoms with van der Waals surface area (Å²) in [7, 11) is 0. The molecule has 0 aliphatic rings. The van der Waals surface area contributed by atoms with Gasteiger partial charge in [-0.1, -0.05) is 11.6 Å². The molecular weight excluding hydrogens is 388 g/mol. The third-order valence-corrected chi connectivity index (χ3v) is 4.05. The summed E-state index contributed by atoms with van der Waals surface area (Å²) in [6.07, 6.45) is 0. The number of carbonyl (C=O) groups excluding carboxylic acids is 2. The lowest BCUT2D eigenvalue weighted by molar-refractivity contribution is -0.118. The highest BCUT2D eigenvalue weighted by molar-refractivity contribution is 6.30. The largest absolute Gasteiger partial charge is 0.484 e. The van der Waals surface area contributed by atoms with Gasteiger partial charge in [-0.3, -0.25) is 9.59 Å². The van der Waals surface area contributed by atoms with Crippen molar-refractivity contribution in [2.24, 2.45) is 0 Å². The number of rotatable bonds is 6. The van der Waals surface area contributed by atoms with Crippen LogP contribution in [0.25, 0.3) is 0 Å². The average Bonchev–Trinajstić information content (AvgIpc) is 2.70. The van der Waals surface area contributed by atoms with Crippen LogP contribution in [0.1, 0.15) is 15.9 Å². The van der Waals surface area contributed by atoms with E-state index in [9.17, 15) is 18.4 Å². The molecule has 0 heterocycles. The molecule has 0 fully saturated rings. The smallest absolute Gasteiger partial charge is 0.262 e. The van der Waals surface area contributed by atoms with Crippen molar-refractivity contribution in [2.75, 3.05) is 11.9 Å². The lowest BCUT2D eigenvalue weighted by atomic mass is 10.0. The summed E-state index contributed by atoms with van der Waals surface area (Å²) in [5.41, 5.74) is 0.674. The van der Waals surface area contributed by atoms with E-state index in [-0.39, 0.29) is 11.5 Å². The zero-order valence-corrected chi connectivity index (χ0v) is 15.2.